The van der Waals surface area contributed by atoms with Crippen LogP contribution in [-0.2, 0) is 0 Å². The number of hydrogen-bond donors (Lipinski definition) is 1. The van der Waals surface area contributed by atoms with Crippen LogP contribution >= 0.6 is 0 Å². The van der Waals surface area contributed by atoms with E-state index < -0.39 is 0 Å². The summed E-state index contributed by atoms with van der Waals surface area (Å²) in [6.07, 6.45) is 7.20. The van der Waals surface area contributed by atoms with E-state index in [2.05, 4.69) is 23.3 Å². The van der Waals surface area contributed by atoms with Gasteiger partial charge in [0, 0.05) is 12.2 Å². The number of nitrogens with zero attached hydrogens (tertiary/aromatic N) is 1. The van der Waals surface area contributed by atoms with Crippen LogP contribution in [0.5, 0.6) is 0 Å². The number of pyridine rings is 1. The summed E-state index contributed by atoms with van der Waals surface area (Å²) in [7, 11) is 0. The normalized spacial score (nSPS) is 17.6. The second kappa shape index (κ2) is 3.77. The second-order valence-corrected chi connectivity index (χ2v) is 3.84. The highest BCUT2D eigenvalue weighted by atomic mass is 15.0. The lowest BCUT2D eigenvalue weighted by atomic mass is 10.2. The van der Waals surface area contributed by atoms with Crippen molar-refractivity contribution >= 4 is 5.82 Å². The average molecular weight is 176 g/mol. The van der Waals surface area contributed by atoms with Gasteiger partial charge in [-0.15, -0.1) is 0 Å². The lowest BCUT2D eigenvalue weighted by Gasteiger charge is -2.12. The molecule has 1 aliphatic carbocycles. The summed E-state index contributed by atoms with van der Waals surface area (Å²) in [4.78, 5) is 4.29. The molecule has 1 heterocycles. The van der Waals surface area contributed by atoms with Crippen molar-refractivity contribution in [1.29, 1.82) is 0 Å². The fourth-order valence-corrected chi connectivity index (χ4v) is 1.89. The van der Waals surface area contributed by atoms with Gasteiger partial charge in [0.2, 0.25) is 0 Å². The highest BCUT2D eigenvalue weighted by Gasteiger charge is 2.14. The highest BCUT2D eigenvalue weighted by Crippen LogP contribution is 2.21. The topological polar surface area (TPSA) is 24.9 Å². The van der Waals surface area contributed by atoms with Crippen molar-refractivity contribution in [3.8, 4) is 0 Å². The van der Waals surface area contributed by atoms with Gasteiger partial charge in [-0.25, -0.2) is 4.98 Å². The Hall–Kier alpha value is -1.05. The zero-order valence-electron chi connectivity index (χ0n) is 8.09. The molecule has 0 atom stereocenters. The van der Waals surface area contributed by atoms with Gasteiger partial charge >= 0.3 is 0 Å². The van der Waals surface area contributed by atoms with Crippen molar-refractivity contribution in [2.24, 2.45) is 0 Å². The van der Waals surface area contributed by atoms with Crippen molar-refractivity contribution in [2.45, 2.75) is 38.6 Å². The highest BCUT2D eigenvalue weighted by molar-refractivity contribution is 5.38. The van der Waals surface area contributed by atoms with Crippen LogP contribution in [-0.4, -0.2) is 11.0 Å². The second-order valence-electron chi connectivity index (χ2n) is 3.84. The summed E-state index contributed by atoms with van der Waals surface area (Å²) < 4.78 is 0. The molecule has 1 fully saturated rings. The lowest BCUT2D eigenvalue weighted by molar-refractivity contribution is 0.750. The molecule has 0 aromatic carbocycles. The van der Waals surface area contributed by atoms with Crippen LogP contribution in [0, 0.1) is 6.92 Å². The molecule has 0 unspecified atom stereocenters. The molecule has 0 spiro atoms. The Kier molecular flexibility index (Phi) is 2.48. The van der Waals surface area contributed by atoms with Crippen LogP contribution in [0.25, 0.3) is 0 Å². The Morgan fingerprint density at radius 1 is 1.38 bits per heavy atom. The van der Waals surface area contributed by atoms with Crippen molar-refractivity contribution in [3.05, 3.63) is 23.9 Å². The van der Waals surface area contributed by atoms with E-state index in [1.165, 1.54) is 31.2 Å². The van der Waals surface area contributed by atoms with E-state index in [1.807, 2.05) is 12.3 Å². The van der Waals surface area contributed by atoms with Gasteiger partial charge < -0.3 is 5.32 Å². The first-order chi connectivity index (χ1) is 6.34. The minimum atomic E-state index is 0.661. The first kappa shape index (κ1) is 8.54. The van der Waals surface area contributed by atoms with Crippen LogP contribution in [0.15, 0.2) is 18.3 Å². The number of hydrogen-bond acceptors (Lipinski definition) is 2. The van der Waals surface area contributed by atoms with Gasteiger partial charge in [-0.2, -0.15) is 0 Å². The molecule has 0 bridgehead atoms. The van der Waals surface area contributed by atoms with E-state index in [4.69, 9.17) is 0 Å². The fourth-order valence-electron chi connectivity index (χ4n) is 1.89. The number of rotatable bonds is 2. The quantitative estimate of drug-likeness (QED) is 0.749. The summed E-state index contributed by atoms with van der Waals surface area (Å²) in [6, 6.07) is 4.80. The number of aromatic nitrogens is 1. The van der Waals surface area contributed by atoms with Crippen molar-refractivity contribution in [3.63, 3.8) is 0 Å². The monoisotopic (exact) mass is 176 g/mol. The van der Waals surface area contributed by atoms with Gasteiger partial charge in [0.15, 0.2) is 0 Å². The van der Waals surface area contributed by atoms with Crippen molar-refractivity contribution in [1.82, 2.24) is 4.98 Å². The Morgan fingerprint density at radius 3 is 2.85 bits per heavy atom. The molecule has 2 heteroatoms. The minimum absolute atomic E-state index is 0.661. The van der Waals surface area contributed by atoms with Crippen LogP contribution in [0.1, 0.15) is 31.2 Å². The predicted molar refractivity (Wildman–Crippen MR) is 54.9 cm³/mol. The molecule has 2 nitrogen and oxygen atoms in total. The maximum atomic E-state index is 4.29. The van der Waals surface area contributed by atoms with Crippen LogP contribution in [0.4, 0.5) is 5.82 Å². The van der Waals surface area contributed by atoms with Gasteiger partial charge in [-0.3, -0.25) is 0 Å². The standard InChI is InChI=1S/C11H16N2/c1-9-6-7-12-11(8-9)13-10-4-2-3-5-10/h6-8,10H,2-5H2,1H3,(H,12,13). The van der Waals surface area contributed by atoms with E-state index in [0.717, 1.165) is 5.82 Å². The van der Waals surface area contributed by atoms with E-state index in [1.54, 1.807) is 0 Å². The third kappa shape index (κ3) is 2.20. The first-order valence-electron chi connectivity index (χ1n) is 5.04. The van der Waals surface area contributed by atoms with Crippen molar-refractivity contribution < 1.29 is 0 Å². The maximum absolute atomic E-state index is 4.29. The summed E-state index contributed by atoms with van der Waals surface area (Å²) in [5.74, 6) is 1.03. The molecule has 2 rings (SSSR count). The summed E-state index contributed by atoms with van der Waals surface area (Å²) in [5, 5.41) is 3.47. The Labute approximate surface area is 79.4 Å². The maximum Gasteiger partial charge on any atom is 0.126 e. The van der Waals surface area contributed by atoms with E-state index >= 15 is 0 Å². The first-order valence-corrected chi connectivity index (χ1v) is 5.04. The molecule has 1 aromatic rings. The van der Waals surface area contributed by atoms with Gasteiger partial charge in [0.25, 0.3) is 0 Å². The van der Waals surface area contributed by atoms with Gasteiger partial charge in [0.1, 0.15) is 5.82 Å². The van der Waals surface area contributed by atoms with Gasteiger partial charge in [-0.05, 0) is 37.5 Å². The summed E-state index contributed by atoms with van der Waals surface area (Å²) >= 11 is 0. The summed E-state index contributed by atoms with van der Waals surface area (Å²) in [6.45, 7) is 2.10. The molecule has 0 amide bonds. The molecule has 1 aromatic heterocycles. The zero-order chi connectivity index (χ0) is 9.10. The number of aryl methyl sites for hydroxylation is 1. The predicted octanol–water partition coefficient (Wildman–Crippen LogP) is 2.74. The zero-order valence-corrected chi connectivity index (χ0v) is 8.09. The molecule has 0 aliphatic heterocycles. The van der Waals surface area contributed by atoms with Crippen LogP contribution in [0.3, 0.4) is 0 Å². The molecule has 1 aliphatic rings. The Morgan fingerprint density at radius 2 is 2.15 bits per heavy atom. The molecule has 1 saturated carbocycles. The van der Waals surface area contributed by atoms with Crippen LogP contribution < -0.4 is 5.32 Å². The Bertz CT molecular complexity index is 277. The van der Waals surface area contributed by atoms with Gasteiger partial charge in [-0.1, -0.05) is 12.8 Å². The van der Waals surface area contributed by atoms with E-state index in [-0.39, 0.29) is 0 Å². The molecule has 13 heavy (non-hydrogen) atoms. The van der Waals surface area contributed by atoms with E-state index in [9.17, 15) is 0 Å². The number of nitrogens with one attached hydrogen (secondary N) is 1. The fraction of sp³-hybridized carbons (Fsp3) is 0.545. The molecular formula is C11H16N2. The lowest BCUT2D eigenvalue weighted by Crippen LogP contribution is -2.15. The minimum Gasteiger partial charge on any atom is -0.367 e. The van der Waals surface area contributed by atoms with E-state index in [0.29, 0.717) is 6.04 Å². The molecular weight excluding hydrogens is 160 g/mol. The molecule has 0 saturated heterocycles. The smallest absolute Gasteiger partial charge is 0.126 e. The third-order valence-corrected chi connectivity index (χ3v) is 2.62. The third-order valence-electron chi connectivity index (χ3n) is 2.62. The molecule has 0 radical (unpaired) electrons. The summed E-state index contributed by atoms with van der Waals surface area (Å²) in [5.41, 5.74) is 1.27. The molecule has 1 N–H and O–H groups in total. The number of anilines is 1. The van der Waals surface area contributed by atoms with Crippen molar-refractivity contribution in [2.75, 3.05) is 5.32 Å². The Balaban J connectivity index is 2.00. The average Bonchev–Trinajstić information content (AvgIpc) is 2.57. The van der Waals surface area contributed by atoms with Crippen LogP contribution in [0.2, 0.25) is 0 Å². The molecule has 70 valence electrons. The largest absolute Gasteiger partial charge is 0.367 e. The SMILES string of the molecule is Cc1ccnc(NC2CCCC2)c1. The van der Waals surface area contributed by atoms with Gasteiger partial charge in [0.05, 0.1) is 0 Å².